The van der Waals surface area contributed by atoms with E-state index in [1.54, 1.807) is 0 Å². The fourth-order valence-electron chi connectivity index (χ4n) is 6.36. The molecule has 0 unspecified atom stereocenters. The number of para-hydroxylation sites is 2. The van der Waals surface area contributed by atoms with Crippen LogP contribution in [0.15, 0.2) is 48.5 Å². The number of hydrogen-bond acceptors (Lipinski definition) is 8. The van der Waals surface area contributed by atoms with E-state index in [1.165, 1.54) is 0 Å². The van der Waals surface area contributed by atoms with Gasteiger partial charge in [-0.2, -0.15) is 0 Å². The molecule has 2 aromatic rings. The highest BCUT2D eigenvalue weighted by Crippen LogP contribution is 2.36. The summed E-state index contributed by atoms with van der Waals surface area (Å²) < 4.78 is 12.7. The van der Waals surface area contributed by atoms with Gasteiger partial charge in [-0.15, -0.1) is 0 Å². The Labute approximate surface area is 315 Å². The van der Waals surface area contributed by atoms with Gasteiger partial charge in [-0.05, 0) is 76.6 Å². The molecule has 2 atom stereocenters. The van der Waals surface area contributed by atoms with Gasteiger partial charge in [-0.3, -0.25) is 9.59 Å². The molecule has 2 aromatic carbocycles. The molecule has 0 fully saturated rings. The second-order valence-electron chi connectivity index (χ2n) is 14.0. The lowest BCUT2D eigenvalue weighted by atomic mass is 10.0. The lowest BCUT2D eigenvalue weighted by Gasteiger charge is -2.26. The lowest BCUT2D eigenvalue weighted by molar-refractivity contribution is -0.133. The molecule has 0 heterocycles. The van der Waals surface area contributed by atoms with E-state index in [0.717, 1.165) is 113 Å². The van der Waals surface area contributed by atoms with Crippen molar-refractivity contribution in [2.75, 3.05) is 52.5 Å². The first-order chi connectivity index (χ1) is 25.4. The topological polar surface area (TPSA) is 163 Å². The van der Waals surface area contributed by atoms with Gasteiger partial charge in [0.1, 0.15) is 11.5 Å². The number of amides is 2. The van der Waals surface area contributed by atoms with E-state index < -0.39 is 12.1 Å². The van der Waals surface area contributed by atoms with Gasteiger partial charge in [0.05, 0.1) is 25.3 Å². The molecule has 0 aromatic heterocycles. The highest BCUT2D eigenvalue weighted by Gasteiger charge is 2.22. The number of nitrogens with two attached hydrogens (primary N) is 4. The van der Waals surface area contributed by atoms with Crippen LogP contribution in [0.5, 0.6) is 11.5 Å². The number of unbranched alkanes of at least 4 members (excludes halogenated alkanes) is 8. The Hall–Kier alpha value is -3.18. The van der Waals surface area contributed by atoms with Crippen molar-refractivity contribution in [1.29, 1.82) is 0 Å². The van der Waals surface area contributed by atoms with Crippen LogP contribution < -0.4 is 32.4 Å². The van der Waals surface area contributed by atoms with Gasteiger partial charge in [0.15, 0.2) is 0 Å². The number of ether oxygens (including phenoxy) is 2. The molecule has 52 heavy (non-hydrogen) atoms. The molecule has 8 N–H and O–H groups in total. The Kier molecular flexibility index (Phi) is 24.5. The maximum atomic E-state index is 13.3. The molecule has 294 valence electrons. The van der Waals surface area contributed by atoms with Crippen molar-refractivity contribution in [2.45, 2.75) is 129 Å². The molecule has 0 saturated carbocycles. The number of carbonyl (C=O) groups excluding carboxylic acids is 2. The van der Waals surface area contributed by atoms with Crippen molar-refractivity contribution in [3.8, 4) is 22.6 Å². The summed E-state index contributed by atoms with van der Waals surface area (Å²) in [6, 6.07) is 15.0. The quantitative estimate of drug-likeness (QED) is 0.0631. The summed E-state index contributed by atoms with van der Waals surface area (Å²) in [5.41, 5.74) is 25.8. The van der Waals surface area contributed by atoms with E-state index in [9.17, 15) is 9.59 Å². The van der Waals surface area contributed by atoms with Crippen LogP contribution in [0, 0.1) is 0 Å². The normalized spacial score (nSPS) is 12.3. The summed E-state index contributed by atoms with van der Waals surface area (Å²) in [6.45, 7) is 9.20. The van der Waals surface area contributed by atoms with E-state index in [4.69, 9.17) is 32.4 Å². The minimum atomic E-state index is -0.491. The predicted molar refractivity (Wildman–Crippen MR) is 215 cm³/mol. The van der Waals surface area contributed by atoms with Crippen molar-refractivity contribution in [2.24, 2.45) is 22.9 Å². The van der Waals surface area contributed by atoms with Gasteiger partial charge in [-0.1, -0.05) is 102 Å². The minimum absolute atomic E-state index is 0.0225. The second kappa shape index (κ2) is 28.3. The van der Waals surface area contributed by atoms with Crippen molar-refractivity contribution < 1.29 is 19.1 Å². The number of hydrogen-bond donors (Lipinski definition) is 4. The lowest BCUT2D eigenvalue weighted by Crippen LogP contribution is -2.45. The summed E-state index contributed by atoms with van der Waals surface area (Å²) in [5.74, 6) is 1.58. The van der Waals surface area contributed by atoms with Crippen LogP contribution in [0.2, 0.25) is 0 Å². The van der Waals surface area contributed by atoms with Crippen LogP contribution in [0.4, 0.5) is 0 Å². The summed E-state index contributed by atoms with van der Waals surface area (Å²) >= 11 is 0. The number of carbonyl (C=O) groups is 2. The first-order valence-corrected chi connectivity index (χ1v) is 20.3. The molecular formula is C42H72N6O4. The number of benzene rings is 2. The molecule has 10 heteroatoms. The first kappa shape index (κ1) is 45.0. The van der Waals surface area contributed by atoms with E-state index >= 15 is 0 Å². The summed E-state index contributed by atoms with van der Waals surface area (Å²) in [6.07, 6.45) is 15.0. The molecular weight excluding hydrogens is 653 g/mol. The summed E-state index contributed by atoms with van der Waals surface area (Å²) in [4.78, 5) is 30.4. The van der Waals surface area contributed by atoms with Crippen LogP contribution in [-0.4, -0.2) is 86.2 Å². The highest BCUT2D eigenvalue weighted by molar-refractivity contribution is 5.82. The highest BCUT2D eigenvalue weighted by atomic mass is 16.5. The maximum Gasteiger partial charge on any atom is 0.239 e. The van der Waals surface area contributed by atoms with Crippen LogP contribution in [0.3, 0.4) is 0 Å². The average molecular weight is 725 g/mol. The van der Waals surface area contributed by atoms with E-state index in [1.807, 2.05) is 58.3 Å². The van der Waals surface area contributed by atoms with Crippen LogP contribution in [0.1, 0.15) is 117 Å². The molecule has 2 amide bonds. The Bertz CT molecular complexity index is 1140. The van der Waals surface area contributed by atoms with Crippen LogP contribution in [0.25, 0.3) is 11.1 Å². The van der Waals surface area contributed by atoms with Gasteiger partial charge in [0.25, 0.3) is 0 Å². The van der Waals surface area contributed by atoms with E-state index in [0.29, 0.717) is 65.1 Å². The van der Waals surface area contributed by atoms with Gasteiger partial charge in [-0.25, -0.2) is 0 Å². The third kappa shape index (κ3) is 17.6. The monoisotopic (exact) mass is 725 g/mol. The molecule has 0 bridgehead atoms. The average Bonchev–Trinajstić information content (AvgIpc) is 3.16. The zero-order valence-corrected chi connectivity index (χ0v) is 32.6. The summed E-state index contributed by atoms with van der Waals surface area (Å²) in [7, 11) is 0. The van der Waals surface area contributed by atoms with Gasteiger partial charge in [0, 0.05) is 37.3 Å². The maximum absolute atomic E-state index is 13.3. The number of nitrogens with zero attached hydrogens (tertiary/aromatic N) is 2. The Morgan fingerprint density at radius 2 is 0.923 bits per heavy atom. The zero-order valence-electron chi connectivity index (χ0n) is 32.6. The fourth-order valence-corrected chi connectivity index (χ4v) is 6.36. The first-order valence-electron chi connectivity index (χ1n) is 20.3. The Balaban J connectivity index is 2.02. The van der Waals surface area contributed by atoms with Gasteiger partial charge in [0.2, 0.25) is 11.8 Å². The van der Waals surface area contributed by atoms with E-state index in [2.05, 4.69) is 13.8 Å². The molecule has 0 aliphatic carbocycles. The zero-order chi connectivity index (χ0) is 37.8. The predicted octanol–water partition coefficient (Wildman–Crippen LogP) is 6.62. The van der Waals surface area contributed by atoms with Crippen molar-refractivity contribution in [3.05, 3.63) is 48.5 Å². The van der Waals surface area contributed by atoms with Gasteiger partial charge >= 0.3 is 0 Å². The third-order valence-electron chi connectivity index (χ3n) is 9.48. The molecule has 0 radical (unpaired) electrons. The smallest absolute Gasteiger partial charge is 0.239 e. The van der Waals surface area contributed by atoms with Crippen LogP contribution in [-0.2, 0) is 9.59 Å². The molecule has 0 saturated heterocycles. The molecule has 0 aliphatic rings. The Morgan fingerprint density at radius 3 is 1.31 bits per heavy atom. The van der Waals surface area contributed by atoms with Gasteiger partial charge < -0.3 is 42.2 Å². The van der Waals surface area contributed by atoms with E-state index in [-0.39, 0.29) is 11.8 Å². The largest absolute Gasteiger partial charge is 0.493 e. The molecule has 0 spiro atoms. The second-order valence-corrected chi connectivity index (χ2v) is 14.0. The van der Waals surface area contributed by atoms with Crippen LogP contribution >= 0.6 is 0 Å². The minimum Gasteiger partial charge on any atom is -0.493 e. The van der Waals surface area contributed by atoms with Crippen molar-refractivity contribution in [1.82, 2.24) is 9.80 Å². The van der Waals surface area contributed by atoms with Crippen molar-refractivity contribution >= 4 is 11.8 Å². The third-order valence-corrected chi connectivity index (χ3v) is 9.48. The SMILES string of the molecule is CCCCCCN(CCCOc1ccccc1-c1ccccc1OCCCN(CCCCCC)C(=O)[C@@H](N)CCCCN)C(=O)[C@@H](N)CCCCN. The molecule has 0 aliphatic heterocycles. The fraction of sp³-hybridized carbons (Fsp3) is 0.667. The Morgan fingerprint density at radius 1 is 0.538 bits per heavy atom. The summed E-state index contributed by atoms with van der Waals surface area (Å²) in [5, 5.41) is 0. The standard InChI is InChI=1S/C42H72N6O4/c1-3-5-7-17-29-47(41(49)37(45)23-13-15-27-43)31-19-33-51-39-25-11-9-21-35(39)36-22-10-12-26-40(36)52-34-20-32-48(30-18-8-6-4-2)42(50)38(46)24-14-16-28-44/h9-12,21-22,25-26,37-38H,3-8,13-20,23-24,27-34,43-46H2,1-2H3/t37-,38-/m0/s1. The number of rotatable bonds is 31. The van der Waals surface area contributed by atoms with Crippen molar-refractivity contribution in [3.63, 3.8) is 0 Å². The molecule has 10 nitrogen and oxygen atoms in total. The molecule has 2 rings (SSSR count).